The highest BCUT2D eigenvalue weighted by molar-refractivity contribution is 5.67. The summed E-state index contributed by atoms with van der Waals surface area (Å²) in [6, 6.07) is 8.16. The third kappa shape index (κ3) is 7.89. The van der Waals surface area contributed by atoms with Gasteiger partial charge < -0.3 is 14.6 Å². The summed E-state index contributed by atoms with van der Waals surface area (Å²) in [6.07, 6.45) is 7.73. The van der Waals surface area contributed by atoms with E-state index in [0.29, 0.717) is 6.61 Å². The van der Waals surface area contributed by atoms with Gasteiger partial charge in [0, 0.05) is 19.1 Å². The number of benzene rings is 1. The van der Waals surface area contributed by atoms with E-state index in [1.165, 1.54) is 32.1 Å². The molecule has 0 aliphatic carbocycles. The average molecular weight is 378 g/mol. The van der Waals surface area contributed by atoms with Crippen molar-refractivity contribution in [2.75, 3.05) is 26.3 Å². The van der Waals surface area contributed by atoms with Crippen molar-refractivity contribution in [3.8, 4) is 5.75 Å². The van der Waals surface area contributed by atoms with Gasteiger partial charge in [-0.05, 0) is 31.0 Å². The molecule has 1 aliphatic rings. The van der Waals surface area contributed by atoms with Crippen molar-refractivity contribution < 1.29 is 19.4 Å². The molecule has 5 heteroatoms. The molecule has 1 aliphatic heterocycles. The van der Waals surface area contributed by atoms with Crippen LogP contribution in [0.4, 0.5) is 0 Å². The highest BCUT2D eigenvalue weighted by atomic mass is 16.5. The van der Waals surface area contributed by atoms with Gasteiger partial charge in [-0.3, -0.25) is 9.69 Å². The lowest BCUT2D eigenvalue weighted by Crippen LogP contribution is -2.44. The molecular formula is C22H35NO4. The molecule has 1 heterocycles. The predicted molar refractivity (Wildman–Crippen MR) is 107 cm³/mol. The zero-order valence-electron chi connectivity index (χ0n) is 16.9. The number of morpholine rings is 1. The Kier molecular flexibility index (Phi) is 9.64. The van der Waals surface area contributed by atoms with Gasteiger partial charge in [0.25, 0.3) is 0 Å². The van der Waals surface area contributed by atoms with Gasteiger partial charge in [-0.15, -0.1) is 0 Å². The number of unbranched alkanes of at least 4 members (excludes halogenated alkanes) is 5. The number of ether oxygens (including phenoxy) is 2. The highest BCUT2D eigenvalue weighted by Gasteiger charge is 2.26. The molecule has 1 N–H and O–H groups in total. The number of rotatable bonds is 12. The lowest BCUT2D eigenvalue weighted by molar-refractivity contribution is -0.139. The predicted octanol–water partition coefficient (Wildman–Crippen LogP) is 4.66. The Morgan fingerprint density at radius 1 is 1.22 bits per heavy atom. The van der Waals surface area contributed by atoms with Gasteiger partial charge in [-0.25, -0.2) is 0 Å². The van der Waals surface area contributed by atoms with E-state index in [1.807, 2.05) is 19.1 Å². The Morgan fingerprint density at radius 2 is 1.93 bits per heavy atom. The molecule has 0 spiro atoms. The topological polar surface area (TPSA) is 59.0 Å². The van der Waals surface area contributed by atoms with E-state index < -0.39 is 5.97 Å². The van der Waals surface area contributed by atoms with Crippen LogP contribution in [0.5, 0.6) is 5.75 Å². The monoisotopic (exact) mass is 377 g/mol. The quantitative estimate of drug-likeness (QED) is 0.537. The Hall–Kier alpha value is -1.59. The maximum Gasteiger partial charge on any atom is 0.304 e. The SMILES string of the molecule is CCCCCCCCOc1ccc(C2CN(C(C)CC(=O)O)CCO2)cc1. The molecule has 1 aromatic rings. The van der Waals surface area contributed by atoms with Crippen molar-refractivity contribution in [2.45, 2.75) is 70.9 Å². The van der Waals surface area contributed by atoms with Crippen LogP contribution in [0, 0.1) is 0 Å². The summed E-state index contributed by atoms with van der Waals surface area (Å²) in [6.45, 7) is 7.11. The fourth-order valence-electron chi connectivity index (χ4n) is 3.50. The first-order valence-corrected chi connectivity index (χ1v) is 10.4. The van der Waals surface area contributed by atoms with Gasteiger partial charge >= 0.3 is 5.97 Å². The van der Waals surface area contributed by atoms with Crippen LogP contribution in [0.25, 0.3) is 0 Å². The van der Waals surface area contributed by atoms with Crippen molar-refractivity contribution in [1.82, 2.24) is 4.90 Å². The first-order chi connectivity index (χ1) is 13.1. The normalized spacial score (nSPS) is 19.0. The molecule has 27 heavy (non-hydrogen) atoms. The Bertz CT molecular complexity index is 546. The third-order valence-electron chi connectivity index (χ3n) is 5.21. The van der Waals surface area contributed by atoms with Crippen molar-refractivity contribution in [2.24, 2.45) is 0 Å². The van der Waals surface area contributed by atoms with E-state index in [9.17, 15) is 4.79 Å². The summed E-state index contributed by atoms with van der Waals surface area (Å²) in [5.74, 6) is 0.150. The van der Waals surface area contributed by atoms with Crippen LogP contribution in [-0.2, 0) is 9.53 Å². The maximum absolute atomic E-state index is 10.9. The number of carboxylic acid groups (broad SMARTS) is 1. The molecular weight excluding hydrogens is 342 g/mol. The minimum atomic E-state index is -0.752. The van der Waals surface area contributed by atoms with Gasteiger partial charge in [-0.1, -0.05) is 51.2 Å². The molecule has 2 atom stereocenters. The molecule has 2 unspecified atom stereocenters. The Morgan fingerprint density at radius 3 is 2.63 bits per heavy atom. The number of carboxylic acids is 1. The molecule has 5 nitrogen and oxygen atoms in total. The van der Waals surface area contributed by atoms with E-state index >= 15 is 0 Å². The van der Waals surface area contributed by atoms with Gasteiger partial charge in [0.05, 0.1) is 25.7 Å². The molecule has 1 saturated heterocycles. The summed E-state index contributed by atoms with van der Waals surface area (Å²) in [5.41, 5.74) is 1.12. The number of nitrogens with zero attached hydrogens (tertiary/aromatic N) is 1. The van der Waals surface area contributed by atoms with Crippen LogP contribution in [0.2, 0.25) is 0 Å². The average Bonchev–Trinajstić information content (AvgIpc) is 2.67. The van der Waals surface area contributed by atoms with Crippen molar-refractivity contribution in [1.29, 1.82) is 0 Å². The molecule has 0 radical (unpaired) electrons. The zero-order chi connectivity index (χ0) is 19.5. The van der Waals surface area contributed by atoms with Crippen LogP contribution in [-0.4, -0.2) is 48.3 Å². The fourth-order valence-corrected chi connectivity index (χ4v) is 3.50. The first kappa shape index (κ1) is 21.7. The van der Waals surface area contributed by atoms with Crippen molar-refractivity contribution in [3.05, 3.63) is 29.8 Å². The molecule has 0 aromatic heterocycles. The largest absolute Gasteiger partial charge is 0.494 e. The van der Waals surface area contributed by atoms with E-state index in [-0.39, 0.29) is 18.6 Å². The van der Waals surface area contributed by atoms with Crippen LogP contribution >= 0.6 is 0 Å². The maximum atomic E-state index is 10.9. The molecule has 1 aromatic carbocycles. The second kappa shape index (κ2) is 12.0. The summed E-state index contributed by atoms with van der Waals surface area (Å²) in [7, 11) is 0. The van der Waals surface area contributed by atoms with E-state index in [1.54, 1.807) is 0 Å². The molecule has 2 rings (SSSR count). The summed E-state index contributed by atoms with van der Waals surface area (Å²) < 4.78 is 11.7. The minimum absolute atomic E-state index is 0.0115. The summed E-state index contributed by atoms with van der Waals surface area (Å²) >= 11 is 0. The summed E-state index contributed by atoms with van der Waals surface area (Å²) in [5, 5.41) is 9.00. The van der Waals surface area contributed by atoms with E-state index in [4.69, 9.17) is 14.6 Å². The van der Waals surface area contributed by atoms with Gasteiger partial charge in [0.1, 0.15) is 5.75 Å². The lowest BCUT2D eigenvalue weighted by atomic mass is 10.1. The number of carbonyl (C=O) groups is 1. The highest BCUT2D eigenvalue weighted by Crippen LogP contribution is 2.26. The van der Waals surface area contributed by atoms with Crippen LogP contribution in [0.1, 0.15) is 70.5 Å². The van der Waals surface area contributed by atoms with Crippen molar-refractivity contribution >= 4 is 5.97 Å². The third-order valence-corrected chi connectivity index (χ3v) is 5.21. The van der Waals surface area contributed by atoms with Gasteiger partial charge in [0.2, 0.25) is 0 Å². The van der Waals surface area contributed by atoms with Gasteiger partial charge in [-0.2, -0.15) is 0 Å². The van der Waals surface area contributed by atoms with Gasteiger partial charge in [0.15, 0.2) is 0 Å². The smallest absolute Gasteiger partial charge is 0.304 e. The Balaban J connectivity index is 1.74. The van der Waals surface area contributed by atoms with E-state index in [2.05, 4.69) is 24.0 Å². The first-order valence-electron chi connectivity index (χ1n) is 10.4. The van der Waals surface area contributed by atoms with Crippen LogP contribution < -0.4 is 4.74 Å². The molecule has 0 saturated carbocycles. The van der Waals surface area contributed by atoms with Crippen LogP contribution in [0.3, 0.4) is 0 Å². The number of aliphatic carboxylic acids is 1. The second-order valence-corrected chi connectivity index (χ2v) is 7.49. The standard InChI is InChI=1S/C22H35NO4/c1-3-4-5-6-7-8-14-26-20-11-9-19(10-12-20)21-17-23(13-15-27-21)18(2)16-22(24)25/h9-12,18,21H,3-8,13-17H2,1-2H3,(H,24,25). The van der Waals surface area contributed by atoms with Crippen LogP contribution in [0.15, 0.2) is 24.3 Å². The molecule has 1 fully saturated rings. The lowest BCUT2D eigenvalue weighted by Gasteiger charge is -2.36. The summed E-state index contributed by atoms with van der Waals surface area (Å²) in [4.78, 5) is 13.1. The number of hydrogen-bond acceptors (Lipinski definition) is 4. The zero-order valence-corrected chi connectivity index (χ0v) is 16.9. The van der Waals surface area contributed by atoms with E-state index in [0.717, 1.165) is 37.4 Å². The number of hydrogen-bond donors (Lipinski definition) is 1. The Labute approximate surface area is 163 Å². The minimum Gasteiger partial charge on any atom is -0.494 e. The molecule has 152 valence electrons. The molecule has 0 amide bonds. The molecule has 0 bridgehead atoms. The van der Waals surface area contributed by atoms with Crippen molar-refractivity contribution in [3.63, 3.8) is 0 Å². The second-order valence-electron chi connectivity index (χ2n) is 7.49. The fraction of sp³-hybridized carbons (Fsp3) is 0.682.